The van der Waals surface area contributed by atoms with Gasteiger partial charge in [-0.3, -0.25) is 4.79 Å². The molecule has 36 heavy (non-hydrogen) atoms. The molecule has 4 aromatic carbocycles. The lowest BCUT2D eigenvalue weighted by Gasteiger charge is -2.16. The van der Waals surface area contributed by atoms with E-state index in [4.69, 9.17) is 0 Å². The summed E-state index contributed by atoms with van der Waals surface area (Å²) >= 11 is 0. The molecule has 0 aliphatic carbocycles. The molecule has 0 aliphatic rings. The third-order valence-corrected chi connectivity index (χ3v) is 5.94. The minimum absolute atomic E-state index is 0.153. The fraction of sp³-hybridized carbons (Fsp3) is 0.100. The van der Waals surface area contributed by atoms with E-state index in [0.29, 0.717) is 17.2 Å². The van der Waals surface area contributed by atoms with Crippen LogP contribution in [0.2, 0.25) is 0 Å². The van der Waals surface area contributed by atoms with Gasteiger partial charge in [0.1, 0.15) is 5.82 Å². The van der Waals surface area contributed by atoms with Crippen molar-refractivity contribution in [3.05, 3.63) is 108 Å². The number of anilines is 4. The molecule has 0 unspecified atom stereocenters. The van der Waals surface area contributed by atoms with Crippen LogP contribution >= 0.6 is 0 Å². The maximum atomic E-state index is 12.8. The van der Waals surface area contributed by atoms with Gasteiger partial charge in [0.25, 0.3) is 5.91 Å². The van der Waals surface area contributed by atoms with Crippen molar-refractivity contribution in [3.63, 3.8) is 0 Å². The van der Waals surface area contributed by atoms with Crippen LogP contribution in [0.4, 0.5) is 23.1 Å². The van der Waals surface area contributed by atoms with Gasteiger partial charge >= 0.3 is 0 Å². The fourth-order valence-electron chi connectivity index (χ4n) is 3.99. The lowest BCUT2D eigenvalue weighted by Crippen LogP contribution is -2.13. The second kappa shape index (κ2) is 9.88. The van der Waals surface area contributed by atoms with E-state index in [1.807, 2.05) is 91.8 Å². The lowest BCUT2D eigenvalue weighted by molar-refractivity contribution is 0.102. The number of aryl methyl sites for hydroxylation is 1. The van der Waals surface area contributed by atoms with Crippen LogP contribution in [0.15, 0.2) is 97.1 Å². The van der Waals surface area contributed by atoms with Crippen molar-refractivity contribution >= 4 is 40.0 Å². The molecule has 0 saturated heterocycles. The zero-order valence-corrected chi connectivity index (χ0v) is 20.5. The van der Waals surface area contributed by atoms with Gasteiger partial charge in [-0.1, -0.05) is 54.1 Å². The van der Waals surface area contributed by atoms with Gasteiger partial charge in [0, 0.05) is 36.4 Å². The standard InChI is InChI=1S/C30H27N5O/c1-20-8-10-21(11-9-20)22-12-14-23(15-13-22)29(36)31-24-16-18-25(19-17-24)32-30-33-27-7-5-4-6-26(27)28(34-30)35(2)3/h4-19H,1-3H3,(H,31,36)(H,32,33,34). The third-order valence-electron chi connectivity index (χ3n) is 5.94. The molecular weight excluding hydrogens is 446 g/mol. The number of nitrogens with one attached hydrogen (secondary N) is 2. The summed E-state index contributed by atoms with van der Waals surface area (Å²) in [6, 6.07) is 31.4. The largest absolute Gasteiger partial charge is 0.362 e. The molecule has 178 valence electrons. The summed E-state index contributed by atoms with van der Waals surface area (Å²) in [5, 5.41) is 7.22. The van der Waals surface area contributed by atoms with E-state index in [0.717, 1.165) is 33.5 Å². The summed E-state index contributed by atoms with van der Waals surface area (Å²) in [4.78, 5) is 24.0. The lowest BCUT2D eigenvalue weighted by atomic mass is 10.0. The van der Waals surface area contributed by atoms with E-state index in [2.05, 4.69) is 51.8 Å². The van der Waals surface area contributed by atoms with Crippen molar-refractivity contribution in [3.8, 4) is 11.1 Å². The Balaban J connectivity index is 1.27. The molecule has 0 atom stereocenters. The number of nitrogens with zero attached hydrogens (tertiary/aromatic N) is 3. The molecule has 0 spiro atoms. The third kappa shape index (κ3) is 5.03. The average molecular weight is 474 g/mol. The molecule has 1 heterocycles. The smallest absolute Gasteiger partial charge is 0.255 e. The van der Waals surface area contributed by atoms with Crippen LogP contribution in [0.5, 0.6) is 0 Å². The maximum absolute atomic E-state index is 12.8. The first-order valence-corrected chi connectivity index (χ1v) is 11.8. The summed E-state index contributed by atoms with van der Waals surface area (Å²) in [5.74, 6) is 1.21. The number of benzene rings is 4. The Morgan fingerprint density at radius 1 is 0.722 bits per heavy atom. The van der Waals surface area contributed by atoms with Crippen LogP contribution in [0.3, 0.4) is 0 Å². The minimum atomic E-state index is -0.153. The summed E-state index contributed by atoms with van der Waals surface area (Å²) in [6.45, 7) is 2.07. The van der Waals surface area contributed by atoms with Crippen LogP contribution in [0.25, 0.3) is 22.0 Å². The first-order valence-electron chi connectivity index (χ1n) is 11.8. The van der Waals surface area contributed by atoms with Gasteiger partial charge in [-0.25, -0.2) is 4.98 Å². The number of carbonyl (C=O) groups excluding carboxylic acids is 1. The zero-order chi connectivity index (χ0) is 25.1. The number of aromatic nitrogens is 2. The van der Waals surface area contributed by atoms with E-state index in [1.165, 1.54) is 5.56 Å². The predicted molar refractivity (Wildman–Crippen MR) is 148 cm³/mol. The Morgan fingerprint density at radius 2 is 1.33 bits per heavy atom. The second-order valence-electron chi connectivity index (χ2n) is 8.88. The molecule has 1 aromatic heterocycles. The first kappa shape index (κ1) is 23.1. The number of para-hydroxylation sites is 1. The van der Waals surface area contributed by atoms with Gasteiger partial charge < -0.3 is 15.5 Å². The van der Waals surface area contributed by atoms with Crippen molar-refractivity contribution in [1.82, 2.24) is 9.97 Å². The van der Waals surface area contributed by atoms with E-state index in [1.54, 1.807) is 0 Å². The highest BCUT2D eigenvalue weighted by Gasteiger charge is 2.10. The molecule has 1 amide bonds. The van der Waals surface area contributed by atoms with Crippen molar-refractivity contribution in [2.45, 2.75) is 6.92 Å². The average Bonchev–Trinajstić information content (AvgIpc) is 2.90. The molecule has 0 saturated carbocycles. The number of rotatable bonds is 6. The molecule has 0 fully saturated rings. The Morgan fingerprint density at radius 3 is 2.00 bits per heavy atom. The molecule has 5 rings (SSSR count). The highest BCUT2D eigenvalue weighted by Crippen LogP contribution is 2.26. The van der Waals surface area contributed by atoms with E-state index < -0.39 is 0 Å². The van der Waals surface area contributed by atoms with Gasteiger partial charge in [-0.05, 0) is 66.6 Å². The minimum Gasteiger partial charge on any atom is -0.362 e. The van der Waals surface area contributed by atoms with Crippen LogP contribution in [0.1, 0.15) is 15.9 Å². The van der Waals surface area contributed by atoms with Gasteiger partial charge in [0.2, 0.25) is 5.95 Å². The van der Waals surface area contributed by atoms with E-state index in [9.17, 15) is 4.79 Å². The van der Waals surface area contributed by atoms with Gasteiger partial charge in [-0.15, -0.1) is 0 Å². The monoisotopic (exact) mass is 473 g/mol. The molecule has 0 aliphatic heterocycles. The summed E-state index contributed by atoms with van der Waals surface area (Å²) in [5.41, 5.74) is 6.44. The highest BCUT2D eigenvalue weighted by atomic mass is 16.1. The SMILES string of the molecule is Cc1ccc(-c2ccc(C(=O)Nc3ccc(Nc4nc(N(C)C)c5ccccc5n4)cc3)cc2)cc1. The van der Waals surface area contributed by atoms with Crippen molar-refractivity contribution in [2.75, 3.05) is 29.6 Å². The van der Waals surface area contributed by atoms with Crippen molar-refractivity contribution in [2.24, 2.45) is 0 Å². The van der Waals surface area contributed by atoms with Crippen LogP contribution in [-0.2, 0) is 0 Å². The molecule has 2 N–H and O–H groups in total. The normalized spacial score (nSPS) is 10.8. The number of carbonyl (C=O) groups is 1. The second-order valence-corrected chi connectivity index (χ2v) is 8.88. The fourth-order valence-corrected chi connectivity index (χ4v) is 3.99. The van der Waals surface area contributed by atoms with Gasteiger partial charge in [0.15, 0.2) is 0 Å². The Labute approximate surface area is 210 Å². The zero-order valence-electron chi connectivity index (χ0n) is 20.5. The van der Waals surface area contributed by atoms with E-state index >= 15 is 0 Å². The van der Waals surface area contributed by atoms with Crippen molar-refractivity contribution in [1.29, 1.82) is 0 Å². The molecule has 6 heteroatoms. The highest BCUT2D eigenvalue weighted by molar-refractivity contribution is 6.04. The Bertz CT molecular complexity index is 1510. The molecule has 5 aromatic rings. The number of hydrogen-bond acceptors (Lipinski definition) is 5. The number of amides is 1. The van der Waals surface area contributed by atoms with Crippen LogP contribution in [0, 0.1) is 6.92 Å². The Kier molecular flexibility index (Phi) is 6.33. The van der Waals surface area contributed by atoms with Crippen LogP contribution < -0.4 is 15.5 Å². The number of fused-ring (bicyclic) bond motifs is 1. The van der Waals surface area contributed by atoms with Crippen molar-refractivity contribution < 1.29 is 4.79 Å². The quantitative estimate of drug-likeness (QED) is 0.288. The topological polar surface area (TPSA) is 70.2 Å². The van der Waals surface area contributed by atoms with E-state index in [-0.39, 0.29) is 5.91 Å². The molecular formula is C30H27N5O. The summed E-state index contributed by atoms with van der Waals surface area (Å²) in [6.07, 6.45) is 0. The first-order chi connectivity index (χ1) is 17.5. The van der Waals surface area contributed by atoms with Crippen LogP contribution in [-0.4, -0.2) is 30.0 Å². The molecule has 6 nitrogen and oxygen atoms in total. The van der Waals surface area contributed by atoms with Gasteiger partial charge in [-0.2, -0.15) is 4.98 Å². The molecule has 0 radical (unpaired) electrons. The van der Waals surface area contributed by atoms with Gasteiger partial charge in [0.05, 0.1) is 5.52 Å². The summed E-state index contributed by atoms with van der Waals surface area (Å²) < 4.78 is 0. The predicted octanol–water partition coefficient (Wildman–Crippen LogP) is 6.67. The number of hydrogen-bond donors (Lipinski definition) is 2. The maximum Gasteiger partial charge on any atom is 0.255 e. The Hall–Kier alpha value is -4.71. The molecule has 0 bridgehead atoms. The summed E-state index contributed by atoms with van der Waals surface area (Å²) in [7, 11) is 3.93.